The van der Waals surface area contributed by atoms with E-state index in [2.05, 4.69) is 10.1 Å². The third-order valence-electron chi connectivity index (χ3n) is 2.78. The predicted octanol–water partition coefficient (Wildman–Crippen LogP) is 4.26. The number of hydrogen-bond acceptors (Lipinski definition) is 3. The van der Waals surface area contributed by atoms with E-state index in [0.29, 0.717) is 0 Å². The van der Waals surface area contributed by atoms with E-state index in [-0.39, 0.29) is 11.8 Å². The topological polar surface area (TPSA) is 21.3 Å². The lowest BCUT2D eigenvalue weighted by Gasteiger charge is -2.16. The predicted molar refractivity (Wildman–Crippen MR) is 73.1 cm³/mol. The van der Waals surface area contributed by atoms with E-state index in [1.165, 1.54) is 17.0 Å². The summed E-state index contributed by atoms with van der Waals surface area (Å²) < 4.78 is 40.2. The second-order valence-electron chi connectivity index (χ2n) is 4.29. The van der Waals surface area contributed by atoms with Gasteiger partial charge in [0, 0.05) is 9.75 Å². The Balaban J connectivity index is 2.19. The summed E-state index contributed by atoms with van der Waals surface area (Å²) >= 11 is 1.66. The van der Waals surface area contributed by atoms with Gasteiger partial charge in [-0.2, -0.15) is 0 Å². The molecular formula is C14H14F3NOS. The summed E-state index contributed by atoms with van der Waals surface area (Å²) in [5, 5.41) is 3.16. The van der Waals surface area contributed by atoms with Gasteiger partial charge < -0.3 is 10.1 Å². The highest BCUT2D eigenvalue weighted by atomic mass is 32.1. The van der Waals surface area contributed by atoms with Crippen molar-refractivity contribution < 1.29 is 17.9 Å². The zero-order chi connectivity index (χ0) is 14.8. The van der Waals surface area contributed by atoms with Crippen LogP contribution in [0.1, 0.15) is 21.4 Å². The maximum Gasteiger partial charge on any atom is 0.573 e. The molecule has 1 unspecified atom stereocenters. The molecule has 0 saturated heterocycles. The Kier molecular flexibility index (Phi) is 4.35. The molecule has 1 aromatic carbocycles. The van der Waals surface area contributed by atoms with Gasteiger partial charge in [0.1, 0.15) is 5.75 Å². The molecule has 0 fully saturated rings. The van der Waals surface area contributed by atoms with Gasteiger partial charge in [-0.25, -0.2) is 0 Å². The molecule has 0 aliphatic heterocycles. The lowest BCUT2D eigenvalue weighted by molar-refractivity contribution is -0.274. The molecule has 1 N–H and O–H groups in total. The van der Waals surface area contributed by atoms with Gasteiger partial charge in [0.05, 0.1) is 6.04 Å². The number of benzene rings is 1. The normalized spacial score (nSPS) is 13.2. The number of halogens is 3. The van der Waals surface area contributed by atoms with Gasteiger partial charge in [-0.15, -0.1) is 24.5 Å². The van der Waals surface area contributed by atoms with Gasteiger partial charge in [-0.1, -0.05) is 12.1 Å². The number of hydrogen-bond donors (Lipinski definition) is 1. The molecule has 0 aliphatic rings. The molecule has 1 heterocycles. The lowest BCUT2D eigenvalue weighted by Crippen LogP contribution is -2.18. The summed E-state index contributed by atoms with van der Waals surface area (Å²) in [5.41, 5.74) is 0.892. The number of alkyl halides is 3. The van der Waals surface area contributed by atoms with E-state index in [9.17, 15) is 13.2 Å². The van der Waals surface area contributed by atoms with Gasteiger partial charge in [-0.3, -0.25) is 0 Å². The number of nitrogens with one attached hydrogen (secondary N) is 1. The minimum atomic E-state index is -4.66. The van der Waals surface area contributed by atoms with Crippen molar-refractivity contribution in [2.45, 2.75) is 19.3 Å². The quantitative estimate of drug-likeness (QED) is 0.911. The summed E-state index contributed by atoms with van der Waals surface area (Å²) in [6, 6.07) is 9.93. The third-order valence-corrected chi connectivity index (χ3v) is 3.85. The van der Waals surface area contributed by atoms with E-state index in [1.807, 2.05) is 26.1 Å². The van der Waals surface area contributed by atoms with Gasteiger partial charge in [0.2, 0.25) is 0 Å². The Morgan fingerprint density at radius 1 is 1.10 bits per heavy atom. The standard InChI is InChI=1S/C14H14F3NOS/c1-9-3-8-12(20-9)13(18-2)10-4-6-11(7-5-10)19-14(15,16)17/h3-8,13,18H,1-2H3. The highest BCUT2D eigenvalue weighted by Crippen LogP contribution is 2.30. The van der Waals surface area contributed by atoms with Crippen LogP contribution in [-0.4, -0.2) is 13.4 Å². The number of rotatable bonds is 4. The molecule has 108 valence electrons. The maximum atomic E-state index is 12.1. The molecule has 0 aliphatic carbocycles. The van der Waals surface area contributed by atoms with Crippen LogP contribution in [0.5, 0.6) is 5.75 Å². The van der Waals surface area contributed by atoms with Crippen molar-refractivity contribution in [3.8, 4) is 5.75 Å². The van der Waals surface area contributed by atoms with Crippen molar-refractivity contribution in [3.05, 3.63) is 51.7 Å². The molecule has 6 heteroatoms. The average molecular weight is 301 g/mol. The molecule has 1 atom stereocenters. The van der Waals surface area contributed by atoms with Crippen LogP contribution < -0.4 is 10.1 Å². The van der Waals surface area contributed by atoms with Crippen molar-refractivity contribution in [3.63, 3.8) is 0 Å². The fourth-order valence-electron chi connectivity index (χ4n) is 1.94. The molecule has 0 amide bonds. The second-order valence-corrected chi connectivity index (χ2v) is 5.61. The Bertz CT molecular complexity index is 563. The minimum Gasteiger partial charge on any atom is -0.406 e. The second kappa shape index (κ2) is 5.85. The molecule has 0 spiro atoms. The van der Waals surface area contributed by atoms with E-state index >= 15 is 0 Å². The lowest BCUT2D eigenvalue weighted by atomic mass is 10.1. The van der Waals surface area contributed by atoms with Crippen LogP contribution in [0.15, 0.2) is 36.4 Å². The van der Waals surface area contributed by atoms with Crippen molar-refractivity contribution in [2.24, 2.45) is 0 Å². The van der Waals surface area contributed by atoms with Gasteiger partial charge in [-0.05, 0) is 43.8 Å². The first-order valence-corrected chi connectivity index (χ1v) is 6.80. The highest BCUT2D eigenvalue weighted by Gasteiger charge is 2.31. The van der Waals surface area contributed by atoms with Crippen LogP contribution in [0.2, 0.25) is 0 Å². The zero-order valence-corrected chi connectivity index (χ0v) is 11.8. The van der Waals surface area contributed by atoms with Crippen molar-refractivity contribution in [1.82, 2.24) is 5.32 Å². The minimum absolute atomic E-state index is 0.0337. The summed E-state index contributed by atoms with van der Waals surface area (Å²) in [7, 11) is 1.82. The summed E-state index contributed by atoms with van der Waals surface area (Å²) in [4.78, 5) is 2.31. The zero-order valence-electron chi connectivity index (χ0n) is 11.0. The average Bonchev–Trinajstić information content (AvgIpc) is 2.77. The van der Waals surface area contributed by atoms with Gasteiger partial charge in [0.15, 0.2) is 0 Å². The summed E-state index contributed by atoms with van der Waals surface area (Å²) in [6.45, 7) is 2.02. The fraction of sp³-hybridized carbons (Fsp3) is 0.286. The van der Waals surface area contributed by atoms with Crippen LogP contribution in [0, 0.1) is 6.92 Å². The Morgan fingerprint density at radius 3 is 2.20 bits per heavy atom. The van der Waals surface area contributed by atoms with Crippen molar-refractivity contribution in [1.29, 1.82) is 0 Å². The molecule has 0 radical (unpaired) electrons. The first-order chi connectivity index (χ1) is 9.39. The molecule has 2 aromatic rings. The van der Waals surface area contributed by atoms with E-state index in [1.54, 1.807) is 23.5 Å². The Morgan fingerprint density at radius 2 is 1.75 bits per heavy atom. The molecule has 0 saturated carbocycles. The number of thiophene rings is 1. The van der Waals surface area contributed by atoms with Crippen LogP contribution in [0.4, 0.5) is 13.2 Å². The summed E-state index contributed by atoms with van der Waals surface area (Å²) in [6.07, 6.45) is -4.66. The Hall–Kier alpha value is -1.53. The molecule has 2 nitrogen and oxygen atoms in total. The van der Waals surface area contributed by atoms with E-state index < -0.39 is 6.36 Å². The van der Waals surface area contributed by atoms with Gasteiger partial charge in [0.25, 0.3) is 0 Å². The van der Waals surface area contributed by atoms with Crippen LogP contribution in [0.25, 0.3) is 0 Å². The van der Waals surface area contributed by atoms with Crippen LogP contribution in [0.3, 0.4) is 0 Å². The first-order valence-electron chi connectivity index (χ1n) is 5.98. The van der Waals surface area contributed by atoms with Crippen LogP contribution >= 0.6 is 11.3 Å². The molecule has 2 rings (SSSR count). The molecule has 20 heavy (non-hydrogen) atoms. The van der Waals surface area contributed by atoms with Crippen molar-refractivity contribution >= 4 is 11.3 Å². The molecule has 1 aromatic heterocycles. The number of aryl methyl sites for hydroxylation is 1. The van der Waals surface area contributed by atoms with Crippen LogP contribution in [-0.2, 0) is 0 Å². The van der Waals surface area contributed by atoms with E-state index in [4.69, 9.17) is 0 Å². The monoisotopic (exact) mass is 301 g/mol. The smallest absolute Gasteiger partial charge is 0.406 e. The number of ether oxygens (including phenoxy) is 1. The summed E-state index contributed by atoms with van der Waals surface area (Å²) in [5.74, 6) is -0.210. The SMILES string of the molecule is CNC(c1ccc(OC(F)(F)F)cc1)c1ccc(C)s1. The third kappa shape index (κ3) is 3.74. The Labute approximate surface area is 119 Å². The molecular weight excluding hydrogens is 287 g/mol. The van der Waals surface area contributed by atoms with E-state index in [0.717, 1.165) is 10.4 Å². The van der Waals surface area contributed by atoms with Crippen molar-refractivity contribution in [2.75, 3.05) is 7.05 Å². The van der Waals surface area contributed by atoms with Gasteiger partial charge >= 0.3 is 6.36 Å². The highest BCUT2D eigenvalue weighted by molar-refractivity contribution is 7.12. The first kappa shape index (κ1) is 14.9. The fourth-order valence-corrected chi connectivity index (χ4v) is 2.96. The molecule has 0 bridgehead atoms. The largest absolute Gasteiger partial charge is 0.573 e. The maximum absolute atomic E-state index is 12.1.